The Hall–Kier alpha value is -2.42. The van der Waals surface area contributed by atoms with Crippen molar-refractivity contribution < 1.29 is 9.94 Å². The first-order valence-corrected chi connectivity index (χ1v) is 6.53. The maximum atomic E-state index is 8.66. The van der Waals surface area contributed by atoms with Gasteiger partial charge in [-0.3, -0.25) is 0 Å². The number of nitrogens with zero attached hydrogens (tertiary/aromatic N) is 6. The minimum Gasteiger partial charge on any atom is -0.409 e. The average Bonchev–Trinajstić information content (AvgIpc) is 2.94. The van der Waals surface area contributed by atoms with Crippen molar-refractivity contribution in [2.75, 3.05) is 31.7 Å². The third-order valence-corrected chi connectivity index (χ3v) is 3.02. The van der Waals surface area contributed by atoms with Crippen LogP contribution >= 0.6 is 0 Å². The molecule has 21 heavy (non-hydrogen) atoms. The minimum atomic E-state index is 0.179. The van der Waals surface area contributed by atoms with Gasteiger partial charge in [0, 0.05) is 38.4 Å². The van der Waals surface area contributed by atoms with Gasteiger partial charge < -0.3 is 20.6 Å². The highest BCUT2D eigenvalue weighted by Crippen LogP contribution is 2.16. The Labute approximate surface area is 122 Å². The van der Waals surface area contributed by atoms with E-state index >= 15 is 0 Å². The van der Waals surface area contributed by atoms with E-state index in [0.717, 1.165) is 11.5 Å². The van der Waals surface area contributed by atoms with Crippen LogP contribution in [0.4, 0.5) is 5.82 Å². The fourth-order valence-corrected chi connectivity index (χ4v) is 1.98. The zero-order chi connectivity index (χ0) is 15.2. The van der Waals surface area contributed by atoms with E-state index in [9.17, 15) is 0 Å². The largest absolute Gasteiger partial charge is 0.409 e. The van der Waals surface area contributed by atoms with Gasteiger partial charge >= 0.3 is 0 Å². The molecule has 0 aromatic carbocycles. The lowest BCUT2D eigenvalue weighted by Crippen LogP contribution is -2.33. The second-order valence-corrected chi connectivity index (χ2v) is 4.55. The molecule has 0 bridgehead atoms. The van der Waals surface area contributed by atoms with Crippen LogP contribution in [0.5, 0.6) is 0 Å². The number of aromatic nitrogens is 4. The molecule has 9 nitrogen and oxygen atoms in total. The normalized spacial score (nSPS) is 12.0. The summed E-state index contributed by atoms with van der Waals surface area (Å²) < 4.78 is 6.80. The Balaban J connectivity index is 2.30. The van der Waals surface area contributed by atoms with Crippen LogP contribution in [0.2, 0.25) is 0 Å². The monoisotopic (exact) mass is 293 g/mol. The summed E-state index contributed by atoms with van der Waals surface area (Å²) in [6.07, 6.45) is 1.89. The van der Waals surface area contributed by atoms with Crippen LogP contribution in [0, 0.1) is 6.92 Å². The molecule has 0 atom stereocenters. The van der Waals surface area contributed by atoms with Gasteiger partial charge in [-0.05, 0) is 6.92 Å². The molecule has 2 aromatic rings. The zero-order valence-electron chi connectivity index (χ0n) is 12.1. The number of amidine groups is 1. The fraction of sp³-hybridized carbons (Fsp3) is 0.500. The molecule has 2 rings (SSSR count). The van der Waals surface area contributed by atoms with E-state index in [1.54, 1.807) is 11.6 Å². The van der Waals surface area contributed by atoms with E-state index in [1.165, 1.54) is 6.33 Å². The van der Waals surface area contributed by atoms with Crippen molar-refractivity contribution in [2.45, 2.75) is 13.3 Å². The lowest BCUT2D eigenvalue weighted by Gasteiger charge is -2.24. The number of hydrogen-bond acceptors (Lipinski definition) is 7. The van der Waals surface area contributed by atoms with Crippen LogP contribution in [-0.2, 0) is 4.74 Å². The lowest BCUT2D eigenvalue weighted by molar-refractivity contribution is 0.205. The van der Waals surface area contributed by atoms with E-state index in [2.05, 4.69) is 20.2 Å². The first-order chi connectivity index (χ1) is 10.2. The number of ether oxygens (including phenoxy) is 1. The topological polar surface area (TPSA) is 114 Å². The summed E-state index contributed by atoms with van der Waals surface area (Å²) >= 11 is 0. The average molecular weight is 293 g/mol. The molecular weight excluding hydrogens is 274 g/mol. The molecule has 0 radical (unpaired) electrons. The predicted molar refractivity (Wildman–Crippen MR) is 77.6 cm³/mol. The maximum Gasteiger partial charge on any atom is 0.254 e. The molecule has 0 aliphatic rings. The van der Waals surface area contributed by atoms with Crippen molar-refractivity contribution in [3.8, 4) is 0 Å². The van der Waals surface area contributed by atoms with Gasteiger partial charge in [-0.15, -0.1) is 0 Å². The molecule has 0 aliphatic heterocycles. The van der Waals surface area contributed by atoms with E-state index in [1.807, 2.05) is 17.9 Å². The Bertz CT molecular complexity index is 625. The van der Waals surface area contributed by atoms with Crippen molar-refractivity contribution in [3.63, 3.8) is 0 Å². The van der Waals surface area contributed by atoms with Crippen LogP contribution < -0.4 is 10.6 Å². The highest BCUT2D eigenvalue weighted by molar-refractivity contribution is 5.80. The molecule has 3 N–H and O–H groups in total. The first-order valence-electron chi connectivity index (χ1n) is 6.53. The van der Waals surface area contributed by atoms with Gasteiger partial charge in [-0.2, -0.15) is 14.6 Å². The SMILES string of the molecule is COCCN(CCC(N)=NO)c1cc(C)nc2ncnn12. The Morgan fingerprint density at radius 3 is 3.05 bits per heavy atom. The standard InChI is InChI=1S/C12H19N7O2/c1-9-7-11(19-12(16-9)14-8-15-19)18(5-6-21-2)4-3-10(13)17-20/h7-8,20H,3-6H2,1-2H3,(H2,13,17). The smallest absolute Gasteiger partial charge is 0.254 e. The molecule has 2 heterocycles. The molecule has 0 saturated heterocycles. The summed E-state index contributed by atoms with van der Waals surface area (Å²) in [5.74, 6) is 1.56. The number of aryl methyl sites for hydroxylation is 1. The van der Waals surface area contributed by atoms with Crippen LogP contribution in [0.25, 0.3) is 5.78 Å². The number of anilines is 1. The number of rotatable bonds is 7. The van der Waals surface area contributed by atoms with Gasteiger partial charge in [0.2, 0.25) is 0 Å². The minimum absolute atomic E-state index is 0.179. The van der Waals surface area contributed by atoms with E-state index in [-0.39, 0.29) is 5.84 Å². The maximum absolute atomic E-state index is 8.66. The van der Waals surface area contributed by atoms with E-state index in [4.69, 9.17) is 15.7 Å². The molecule has 114 valence electrons. The third kappa shape index (κ3) is 3.57. The van der Waals surface area contributed by atoms with Gasteiger partial charge in [0.25, 0.3) is 5.78 Å². The van der Waals surface area contributed by atoms with Crippen LogP contribution in [0.3, 0.4) is 0 Å². The number of hydrogen-bond donors (Lipinski definition) is 2. The Morgan fingerprint density at radius 2 is 2.33 bits per heavy atom. The van der Waals surface area contributed by atoms with Gasteiger partial charge in [-0.1, -0.05) is 5.16 Å². The van der Waals surface area contributed by atoms with Crippen LogP contribution in [0.15, 0.2) is 17.5 Å². The second kappa shape index (κ2) is 6.84. The van der Waals surface area contributed by atoms with Gasteiger partial charge in [-0.25, -0.2) is 4.98 Å². The number of oxime groups is 1. The first kappa shape index (κ1) is 15.0. The number of fused-ring (bicyclic) bond motifs is 1. The van der Waals surface area contributed by atoms with E-state index in [0.29, 0.717) is 31.9 Å². The molecule has 2 aromatic heterocycles. The fourth-order valence-electron chi connectivity index (χ4n) is 1.98. The molecule has 0 aliphatic carbocycles. The molecule has 0 fully saturated rings. The quantitative estimate of drug-likeness (QED) is 0.320. The summed E-state index contributed by atoms with van der Waals surface area (Å²) in [7, 11) is 1.64. The summed E-state index contributed by atoms with van der Waals surface area (Å²) in [5, 5.41) is 15.8. The number of methoxy groups -OCH3 is 1. The molecule has 0 unspecified atom stereocenters. The van der Waals surface area contributed by atoms with Crippen LogP contribution in [0.1, 0.15) is 12.1 Å². The van der Waals surface area contributed by atoms with Crippen molar-refractivity contribution in [1.82, 2.24) is 19.6 Å². The third-order valence-electron chi connectivity index (χ3n) is 3.02. The van der Waals surface area contributed by atoms with Crippen molar-refractivity contribution in [2.24, 2.45) is 10.9 Å². The number of nitrogens with two attached hydrogens (primary N) is 1. The highest BCUT2D eigenvalue weighted by Gasteiger charge is 2.14. The van der Waals surface area contributed by atoms with Crippen LogP contribution in [-0.4, -0.2) is 57.4 Å². The zero-order valence-corrected chi connectivity index (χ0v) is 12.1. The molecular formula is C12H19N7O2. The van der Waals surface area contributed by atoms with Crippen molar-refractivity contribution in [3.05, 3.63) is 18.1 Å². The Kier molecular flexibility index (Phi) is 4.88. The van der Waals surface area contributed by atoms with E-state index < -0.39 is 0 Å². The summed E-state index contributed by atoms with van der Waals surface area (Å²) in [6, 6.07) is 1.92. The highest BCUT2D eigenvalue weighted by atomic mass is 16.5. The second-order valence-electron chi connectivity index (χ2n) is 4.55. The summed E-state index contributed by atoms with van der Waals surface area (Å²) in [6.45, 7) is 3.66. The predicted octanol–water partition coefficient (Wildman–Crippen LogP) is 0.0220. The summed E-state index contributed by atoms with van der Waals surface area (Å²) in [5.41, 5.74) is 6.39. The Morgan fingerprint density at radius 1 is 1.52 bits per heavy atom. The molecule has 0 spiro atoms. The van der Waals surface area contributed by atoms with Gasteiger partial charge in [0.1, 0.15) is 18.0 Å². The molecule has 0 saturated carbocycles. The summed E-state index contributed by atoms with van der Waals surface area (Å²) in [4.78, 5) is 10.5. The van der Waals surface area contributed by atoms with Crippen molar-refractivity contribution in [1.29, 1.82) is 0 Å². The molecule has 9 heteroatoms. The van der Waals surface area contributed by atoms with Gasteiger partial charge in [0.15, 0.2) is 0 Å². The van der Waals surface area contributed by atoms with Crippen molar-refractivity contribution >= 4 is 17.4 Å². The van der Waals surface area contributed by atoms with Gasteiger partial charge in [0.05, 0.1) is 6.61 Å². The lowest BCUT2D eigenvalue weighted by atomic mass is 10.3. The molecule has 0 amide bonds.